The van der Waals surface area contributed by atoms with Gasteiger partial charge in [-0.3, -0.25) is 4.74 Å². The maximum atomic E-state index is 5.68. The molecule has 5 aromatic rings. The lowest BCUT2D eigenvalue weighted by Crippen LogP contribution is -2.25. The van der Waals surface area contributed by atoms with Crippen LogP contribution in [0.1, 0.15) is 5.56 Å². The van der Waals surface area contributed by atoms with Crippen molar-refractivity contribution in [3.8, 4) is 5.75 Å². The molecule has 0 aliphatic carbocycles. The van der Waals surface area contributed by atoms with Crippen molar-refractivity contribution in [1.82, 2.24) is 0 Å². The van der Waals surface area contributed by atoms with Crippen LogP contribution in [0, 0.1) is 6.92 Å². The van der Waals surface area contributed by atoms with E-state index in [1.54, 1.807) is 7.11 Å². The molecule has 0 saturated carbocycles. The minimum Gasteiger partial charge on any atom is -0.497 e. The van der Waals surface area contributed by atoms with Gasteiger partial charge in [0.25, 0.3) is 0 Å². The van der Waals surface area contributed by atoms with Crippen LogP contribution in [-0.4, -0.2) is 7.11 Å². The van der Waals surface area contributed by atoms with E-state index in [0.717, 1.165) is 22.8 Å². The molecule has 3 nitrogen and oxygen atoms in total. The van der Waals surface area contributed by atoms with Crippen molar-refractivity contribution in [2.24, 2.45) is 4.74 Å². The van der Waals surface area contributed by atoms with Crippen LogP contribution >= 0.6 is 7.05 Å². The molecule has 5 rings (SSSR count). The van der Waals surface area contributed by atoms with E-state index >= 15 is 0 Å². The first-order valence-corrected chi connectivity index (χ1v) is 13.7. The first-order valence-electron chi connectivity index (χ1n) is 12.0. The van der Waals surface area contributed by atoms with Gasteiger partial charge in [-0.15, -0.1) is 0 Å². The summed E-state index contributed by atoms with van der Waals surface area (Å²) in [5, 5.41) is 7.22. The second kappa shape index (κ2) is 10.7. The fourth-order valence-electron chi connectivity index (χ4n) is 4.34. The van der Waals surface area contributed by atoms with Crippen molar-refractivity contribution in [3.05, 3.63) is 139 Å². The molecule has 0 saturated heterocycles. The van der Waals surface area contributed by atoms with Gasteiger partial charge in [0.15, 0.2) is 0 Å². The Balaban J connectivity index is 1.81. The molecule has 0 aliphatic rings. The topological polar surface area (TPSA) is 33.6 Å². The van der Waals surface area contributed by atoms with E-state index < -0.39 is 7.05 Å². The molecular weight excluding hydrogens is 459 g/mol. The molecule has 0 heterocycles. The third-order valence-electron chi connectivity index (χ3n) is 6.18. The van der Waals surface area contributed by atoms with E-state index in [1.165, 1.54) is 21.5 Å². The smallest absolute Gasteiger partial charge is 0.121 e. The van der Waals surface area contributed by atoms with Crippen molar-refractivity contribution >= 4 is 40.0 Å². The third-order valence-corrected chi connectivity index (χ3v) is 9.83. The van der Waals surface area contributed by atoms with Gasteiger partial charge in [0.05, 0.1) is 25.5 Å². The summed E-state index contributed by atoms with van der Waals surface area (Å²) in [5.74, 6) is 0.784. The fraction of sp³-hybridized carbons (Fsp3) is 0.0625. The third kappa shape index (κ3) is 4.84. The molecule has 4 heteroatoms. The molecule has 0 spiro atoms. The van der Waals surface area contributed by atoms with Gasteiger partial charge in [-0.25, -0.2) is 0 Å². The quantitative estimate of drug-likeness (QED) is 0.240. The van der Waals surface area contributed by atoms with Crippen molar-refractivity contribution in [2.75, 3.05) is 12.4 Å². The molecule has 0 amide bonds. The average molecular weight is 489 g/mol. The number of aryl methyl sites for hydroxylation is 1. The van der Waals surface area contributed by atoms with Gasteiger partial charge in [0.1, 0.15) is 5.75 Å². The Kier molecular flexibility index (Phi) is 7.02. The Hall–Kier alpha value is -4.07. The highest BCUT2D eigenvalue weighted by Crippen LogP contribution is 2.51. The zero-order valence-corrected chi connectivity index (χ0v) is 21.4. The van der Waals surface area contributed by atoms with Crippen molar-refractivity contribution in [1.29, 1.82) is 0 Å². The maximum Gasteiger partial charge on any atom is 0.121 e. The van der Waals surface area contributed by atoms with Gasteiger partial charge in [0, 0.05) is 27.7 Å². The highest BCUT2D eigenvalue weighted by atomic mass is 31.2. The van der Waals surface area contributed by atoms with Gasteiger partial charge >= 0.3 is 0 Å². The van der Waals surface area contributed by atoms with Gasteiger partial charge < -0.3 is 10.1 Å². The molecule has 0 aliphatic heterocycles. The van der Waals surface area contributed by atoms with E-state index in [2.05, 4.69) is 134 Å². The predicted molar refractivity (Wildman–Crippen MR) is 155 cm³/mol. The molecule has 1 N–H and O–H groups in total. The Bertz CT molecular complexity index is 1380. The van der Waals surface area contributed by atoms with Crippen LogP contribution in [0.3, 0.4) is 0 Å². The van der Waals surface area contributed by atoms with Gasteiger partial charge in [0.2, 0.25) is 0 Å². The summed E-state index contributed by atoms with van der Waals surface area (Å²) >= 11 is 0. The van der Waals surface area contributed by atoms with Crippen molar-refractivity contribution in [2.45, 2.75) is 6.92 Å². The van der Waals surface area contributed by atoms with E-state index in [9.17, 15) is 0 Å². The average Bonchev–Trinajstić information content (AvgIpc) is 2.95. The van der Waals surface area contributed by atoms with Gasteiger partial charge in [-0.1, -0.05) is 109 Å². The Morgan fingerprint density at radius 1 is 0.611 bits per heavy atom. The lowest BCUT2D eigenvalue weighted by molar-refractivity contribution is 0.415. The van der Waals surface area contributed by atoms with E-state index in [4.69, 9.17) is 9.48 Å². The van der Waals surface area contributed by atoms with Crippen LogP contribution in [0.4, 0.5) is 17.1 Å². The number of hydrogen-bond acceptors (Lipinski definition) is 3. The maximum absolute atomic E-state index is 5.68. The number of ether oxygens (including phenoxy) is 1. The summed E-state index contributed by atoms with van der Waals surface area (Å²) in [5.41, 5.74) is 4.03. The predicted octanol–water partition coefficient (Wildman–Crippen LogP) is 7.56. The number of benzene rings is 5. The largest absolute Gasteiger partial charge is 0.497 e. The Labute approximate surface area is 213 Å². The monoisotopic (exact) mass is 488 g/mol. The van der Waals surface area contributed by atoms with Crippen molar-refractivity contribution < 1.29 is 4.74 Å². The standard InChI is InChI=1S/C32H29N2OP/c1-25-18-20-26(21-19-25)33-32-24-27(35-2)22-23-31(32)34-36(28-12-6-3-7-13-28,29-14-8-4-9-15-29)30-16-10-5-11-17-30/h3-24,33H,1-2H3. The van der Waals surface area contributed by atoms with Crippen LogP contribution in [0.15, 0.2) is 138 Å². The highest BCUT2D eigenvalue weighted by Gasteiger charge is 2.27. The second-order valence-corrected chi connectivity index (χ2v) is 11.6. The molecule has 0 radical (unpaired) electrons. The van der Waals surface area contributed by atoms with Crippen LogP contribution < -0.4 is 26.0 Å². The zero-order chi connectivity index (χ0) is 24.8. The second-order valence-electron chi connectivity index (χ2n) is 8.62. The fourth-order valence-corrected chi connectivity index (χ4v) is 7.88. The minimum atomic E-state index is -2.39. The minimum absolute atomic E-state index is 0.784. The van der Waals surface area contributed by atoms with Crippen LogP contribution in [0.25, 0.3) is 0 Å². The van der Waals surface area contributed by atoms with Crippen molar-refractivity contribution in [3.63, 3.8) is 0 Å². The SMILES string of the molecule is COc1ccc(N=P(c2ccccc2)(c2ccccc2)c2ccccc2)c(Nc2ccc(C)cc2)c1. The normalized spacial score (nSPS) is 11.1. The number of anilines is 2. The van der Waals surface area contributed by atoms with E-state index in [1.807, 2.05) is 12.1 Å². The summed E-state index contributed by atoms with van der Waals surface area (Å²) in [6.07, 6.45) is 0. The van der Waals surface area contributed by atoms with E-state index in [0.29, 0.717) is 0 Å². The molecule has 178 valence electrons. The summed E-state index contributed by atoms with van der Waals surface area (Å²) in [4.78, 5) is 0. The van der Waals surface area contributed by atoms with E-state index in [-0.39, 0.29) is 0 Å². The van der Waals surface area contributed by atoms with Crippen LogP contribution in [-0.2, 0) is 0 Å². The number of hydrogen-bond donors (Lipinski definition) is 1. The number of nitrogens with zero attached hydrogens (tertiary/aromatic N) is 1. The molecular formula is C32H29N2OP. The van der Waals surface area contributed by atoms with Gasteiger partial charge in [-0.05, 0) is 31.2 Å². The van der Waals surface area contributed by atoms with Gasteiger partial charge in [-0.2, -0.15) is 0 Å². The summed E-state index contributed by atoms with van der Waals surface area (Å²) in [6.45, 7) is 2.09. The summed E-state index contributed by atoms with van der Waals surface area (Å²) in [6, 6.07) is 46.5. The number of nitrogens with one attached hydrogen (secondary N) is 1. The molecule has 0 atom stereocenters. The summed E-state index contributed by atoms with van der Waals surface area (Å²) in [7, 11) is -0.703. The van der Waals surface area contributed by atoms with Crippen LogP contribution in [0.2, 0.25) is 0 Å². The number of rotatable bonds is 7. The first kappa shape index (κ1) is 23.7. The number of methoxy groups -OCH3 is 1. The van der Waals surface area contributed by atoms with Crippen LogP contribution in [0.5, 0.6) is 5.75 Å². The molecule has 5 aromatic carbocycles. The Morgan fingerprint density at radius 3 is 1.58 bits per heavy atom. The lowest BCUT2D eigenvalue weighted by atomic mass is 10.2. The lowest BCUT2D eigenvalue weighted by Gasteiger charge is -2.27. The summed E-state index contributed by atoms with van der Waals surface area (Å²) < 4.78 is 11.3. The molecule has 36 heavy (non-hydrogen) atoms. The molecule has 0 aromatic heterocycles. The highest BCUT2D eigenvalue weighted by molar-refractivity contribution is 7.87. The molecule has 0 bridgehead atoms. The zero-order valence-electron chi connectivity index (χ0n) is 20.5. The first-order chi connectivity index (χ1) is 17.7. The Morgan fingerprint density at radius 2 is 1.11 bits per heavy atom. The molecule has 0 unspecified atom stereocenters. The molecule has 0 fully saturated rings.